The van der Waals surface area contributed by atoms with Crippen molar-refractivity contribution in [2.45, 2.75) is 94.3 Å². The van der Waals surface area contributed by atoms with E-state index in [9.17, 15) is 10.2 Å². The molecule has 0 fully saturated rings. The minimum absolute atomic E-state index is 0.187. The Morgan fingerprint density at radius 2 is 0.850 bits per heavy atom. The fourth-order valence-corrected chi connectivity index (χ4v) is 5.25. The zero-order chi connectivity index (χ0) is 30.1. The molecule has 0 saturated heterocycles. The normalized spacial score (nSPS) is 25.1. The summed E-state index contributed by atoms with van der Waals surface area (Å²) in [7, 11) is 0. The Bertz CT molecular complexity index is 1160. The molecule has 0 unspecified atom stereocenters. The van der Waals surface area contributed by atoms with Gasteiger partial charge in [-0.2, -0.15) is 0 Å². The molecule has 0 radical (unpaired) electrons. The lowest BCUT2D eigenvalue weighted by atomic mass is 9.83. The molecule has 0 amide bonds. The van der Waals surface area contributed by atoms with Crippen LogP contribution < -0.4 is 0 Å². The maximum atomic E-state index is 10.3. The van der Waals surface area contributed by atoms with Gasteiger partial charge in [0.05, 0.1) is 12.2 Å². The van der Waals surface area contributed by atoms with Crippen molar-refractivity contribution in [3.8, 4) is 0 Å². The molecule has 40 heavy (non-hydrogen) atoms. The van der Waals surface area contributed by atoms with Crippen LogP contribution in [0.15, 0.2) is 130 Å². The molecule has 2 atom stereocenters. The van der Waals surface area contributed by atoms with Gasteiger partial charge in [-0.25, -0.2) is 0 Å². The van der Waals surface area contributed by atoms with Crippen molar-refractivity contribution < 1.29 is 10.2 Å². The number of aliphatic hydroxyl groups excluding tert-OH is 2. The molecule has 0 aromatic rings. The van der Waals surface area contributed by atoms with Crippen molar-refractivity contribution in [2.24, 2.45) is 10.8 Å². The summed E-state index contributed by atoms with van der Waals surface area (Å²) in [4.78, 5) is 0. The van der Waals surface area contributed by atoms with E-state index in [0.29, 0.717) is 0 Å². The van der Waals surface area contributed by atoms with Crippen LogP contribution in [0.4, 0.5) is 0 Å². The van der Waals surface area contributed by atoms with Gasteiger partial charge in [0, 0.05) is 10.8 Å². The fraction of sp³-hybridized carbons (Fsp3) is 0.421. The zero-order valence-electron chi connectivity index (χ0n) is 26.5. The van der Waals surface area contributed by atoms with Crippen LogP contribution >= 0.6 is 0 Å². The molecule has 2 N–H and O–H groups in total. The Hall–Kier alpha value is -2.94. The van der Waals surface area contributed by atoms with E-state index in [-0.39, 0.29) is 23.0 Å². The van der Waals surface area contributed by atoms with Crippen LogP contribution in [-0.4, -0.2) is 22.4 Å². The highest BCUT2D eigenvalue weighted by Gasteiger charge is 2.38. The van der Waals surface area contributed by atoms with Crippen LogP contribution in [0.1, 0.15) is 82.1 Å². The number of rotatable bonds is 10. The van der Waals surface area contributed by atoms with Crippen LogP contribution in [-0.2, 0) is 0 Å². The van der Waals surface area contributed by atoms with Gasteiger partial charge < -0.3 is 10.2 Å². The van der Waals surface area contributed by atoms with E-state index in [1.807, 2.05) is 0 Å². The Morgan fingerprint density at radius 3 is 1.15 bits per heavy atom. The molecule has 0 aromatic carbocycles. The summed E-state index contributed by atoms with van der Waals surface area (Å²) in [5.74, 6) is 0. The van der Waals surface area contributed by atoms with E-state index in [1.54, 1.807) is 0 Å². The molecule has 0 aromatic heterocycles. The van der Waals surface area contributed by atoms with Gasteiger partial charge in [-0.1, -0.05) is 146 Å². The van der Waals surface area contributed by atoms with E-state index < -0.39 is 0 Å². The molecule has 2 aliphatic rings. The second-order valence-corrected chi connectivity index (χ2v) is 12.7. The minimum atomic E-state index is -0.297. The molecule has 2 nitrogen and oxygen atoms in total. The smallest absolute Gasteiger partial charge is 0.0668 e. The van der Waals surface area contributed by atoms with Crippen molar-refractivity contribution in [3.05, 3.63) is 130 Å². The second kappa shape index (κ2) is 14.6. The van der Waals surface area contributed by atoms with E-state index in [2.05, 4.69) is 154 Å². The third-order valence-corrected chi connectivity index (χ3v) is 8.26. The molecule has 0 aliphatic heterocycles. The number of hydrogen-bond donors (Lipinski definition) is 2. The summed E-state index contributed by atoms with van der Waals surface area (Å²) in [6.07, 6.45) is 30.5. The molecule has 0 bridgehead atoms. The summed E-state index contributed by atoms with van der Waals surface area (Å²) in [5.41, 5.74) is 9.39. The monoisotopic (exact) mass is 540 g/mol. The lowest BCUT2D eigenvalue weighted by molar-refractivity contribution is 0.0919. The topological polar surface area (TPSA) is 40.5 Å². The summed E-state index contributed by atoms with van der Waals surface area (Å²) in [6.45, 7) is 21.1. The average molecular weight is 541 g/mol. The van der Waals surface area contributed by atoms with E-state index in [4.69, 9.17) is 0 Å². The van der Waals surface area contributed by atoms with Gasteiger partial charge in [0.25, 0.3) is 0 Å². The predicted molar refractivity (Wildman–Crippen MR) is 175 cm³/mol. The van der Waals surface area contributed by atoms with Crippen molar-refractivity contribution in [1.29, 1.82) is 0 Å². The van der Waals surface area contributed by atoms with Crippen molar-refractivity contribution in [1.82, 2.24) is 0 Å². The van der Waals surface area contributed by atoms with Crippen molar-refractivity contribution >= 4 is 0 Å². The first-order valence-corrected chi connectivity index (χ1v) is 14.5. The van der Waals surface area contributed by atoms with Crippen LogP contribution in [0.2, 0.25) is 0 Å². The molecule has 216 valence electrons. The van der Waals surface area contributed by atoms with E-state index in [1.165, 1.54) is 44.6 Å². The van der Waals surface area contributed by atoms with Gasteiger partial charge in [0.1, 0.15) is 0 Å². The van der Waals surface area contributed by atoms with Gasteiger partial charge in [-0.05, 0) is 65.5 Å². The SMILES string of the molecule is CC1=C(/C=C/C(C)=C/C=C/C(C)=C/C=C/C=C(C)/C=C/C=C(C)/C=C/C2=C(C)C[C@@H](O)C2(C)C)C(C)(C)[C@H](O)C1. The van der Waals surface area contributed by atoms with Crippen LogP contribution in [0, 0.1) is 10.8 Å². The van der Waals surface area contributed by atoms with Gasteiger partial charge in [-0.3, -0.25) is 0 Å². The standard InChI is InChI=1S/C38H52O2/c1-27(17-13-19-29(3)21-23-33-31(5)25-35(39)37(33,7)8)15-11-12-16-28(2)18-14-20-30(4)22-24-34-32(6)26-36(40)38(34,9)10/h11-24,35-36,39-40H,25-26H2,1-10H3/b12-11+,17-13+,18-14+,23-21+,24-22+,27-15+,28-16+,29-19+,30-20+/t35-,36-/m1/s1. The first-order valence-electron chi connectivity index (χ1n) is 14.5. The number of aliphatic hydroxyl groups is 2. The van der Waals surface area contributed by atoms with Gasteiger partial charge in [0.2, 0.25) is 0 Å². The number of hydrogen-bond acceptors (Lipinski definition) is 2. The Morgan fingerprint density at radius 1 is 0.550 bits per heavy atom. The summed E-state index contributed by atoms with van der Waals surface area (Å²) >= 11 is 0. The zero-order valence-corrected chi connectivity index (χ0v) is 26.5. The maximum absolute atomic E-state index is 10.3. The van der Waals surface area contributed by atoms with E-state index in [0.717, 1.165) is 12.8 Å². The van der Waals surface area contributed by atoms with E-state index >= 15 is 0 Å². The van der Waals surface area contributed by atoms with Crippen LogP contribution in [0.3, 0.4) is 0 Å². The molecule has 2 heteroatoms. The summed E-state index contributed by atoms with van der Waals surface area (Å²) in [6, 6.07) is 0. The quantitative estimate of drug-likeness (QED) is 0.271. The largest absolute Gasteiger partial charge is 0.392 e. The minimum Gasteiger partial charge on any atom is -0.392 e. The van der Waals surface area contributed by atoms with Crippen molar-refractivity contribution in [2.75, 3.05) is 0 Å². The predicted octanol–water partition coefficient (Wildman–Crippen LogP) is 9.77. The third kappa shape index (κ3) is 9.32. The first kappa shape index (κ1) is 33.3. The summed E-state index contributed by atoms with van der Waals surface area (Å²) in [5, 5.41) is 20.6. The second-order valence-electron chi connectivity index (χ2n) is 12.7. The number of allylic oxidation sites excluding steroid dienone is 18. The molecule has 0 spiro atoms. The summed E-state index contributed by atoms with van der Waals surface area (Å²) < 4.78 is 0. The fourth-order valence-electron chi connectivity index (χ4n) is 5.25. The molecular weight excluding hydrogens is 488 g/mol. The maximum Gasteiger partial charge on any atom is 0.0668 e. The molecule has 2 rings (SSSR count). The molecule has 0 heterocycles. The average Bonchev–Trinajstić information content (AvgIpc) is 3.18. The van der Waals surface area contributed by atoms with Gasteiger partial charge >= 0.3 is 0 Å². The Labute approximate surface area is 244 Å². The van der Waals surface area contributed by atoms with Crippen LogP contribution in [0.5, 0.6) is 0 Å². The van der Waals surface area contributed by atoms with Crippen molar-refractivity contribution in [3.63, 3.8) is 0 Å². The molecule has 2 aliphatic carbocycles. The Balaban J connectivity index is 1.88. The highest BCUT2D eigenvalue weighted by atomic mass is 16.3. The molecular formula is C38H52O2. The highest BCUT2D eigenvalue weighted by molar-refractivity contribution is 5.41. The highest BCUT2D eigenvalue weighted by Crippen LogP contribution is 2.44. The first-order chi connectivity index (χ1) is 18.7. The third-order valence-electron chi connectivity index (χ3n) is 8.26. The molecule has 0 saturated carbocycles. The van der Waals surface area contributed by atoms with Gasteiger partial charge in [0.15, 0.2) is 0 Å². The lowest BCUT2D eigenvalue weighted by Crippen LogP contribution is -2.25. The Kier molecular flexibility index (Phi) is 12.2. The lowest BCUT2D eigenvalue weighted by Gasteiger charge is -2.25. The van der Waals surface area contributed by atoms with Gasteiger partial charge in [-0.15, -0.1) is 0 Å². The van der Waals surface area contributed by atoms with Crippen LogP contribution in [0.25, 0.3) is 0 Å².